The van der Waals surface area contributed by atoms with Crippen molar-refractivity contribution in [3.8, 4) is 12.3 Å². The van der Waals surface area contributed by atoms with Crippen LogP contribution in [0.15, 0.2) is 24.3 Å². The molecule has 1 atom stereocenters. The van der Waals surface area contributed by atoms with Gasteiger partial charge in [-0.2, -0.15) is 0 Å². The number of hydrogen-bond acceptors (Lipinski definition) is 3. The van der Waals surface area contributed by atoms with E-state index in [4.69, 9.17) is 6.42 Å². The molecule has 5 nitrogen and oxygen atoms in total. The van der Waals surface area contributed by atoms with Crippen LogP contribution >= 0.6 is 0 Å². The van der Waals surface area contributed by atoms with Crippen LogP contribution in [0.4, 0.5) is 5.69 Å². The number of terminal acetylenes is 1. The van der Waals surface area contributed by atoms with Crippen LogP contribution in [0.2, 0.25) is 0 Å². The molecule has 19 heavy (non-hydrogen) atoms. The number of amides is 1. The summed E-state index contributed by atoms with van der Waals surface area (Å²) < 4.78 is 0. The lowest BCUT2D eigenvalue weighted by Gasteiger charge is -2.22. The molecule has 5 heteroatoms. The number of benzene rings is 1. The second-order valence-corrected chi connectivity index (χ2v) is 4.13. The van der Waals surface area contributed by atoms with Crippen molar-refractivity contribution >= 4 is 11.6 Å². The minimum absolute atomic E-state index is 0.0165. The van der Waals surface area contributed by atoms with Crippen molar-refractivity contribution in [2.24, 2.45) is 0 Å². The van der Waals surface area contributed by atoms with Crippen molar-refractivity contribution in [2.45, 2.75) is 19.8 Å². The molecule has 0 aliphatic heterocycles. The topological polar surface area (TPSA) is 63.5 Å². The Hall–Kier alpha value is -2.35. The molecule has 0 saturated heterocycles. The lowest BCUT2D eigenvalue weighted by molar-refractivity contribution is -0.384. The van der Waals surface area contributed by atoms with Gasteiger partial charge in [0, 0.05) is 18.7 Å². The minimum Gasteiger partial charge on any atom is -0.331 e. The SMILES string of the molecule is C#CCN(CC)C(=O)C(C)c1cccc([N+](=O)[O-])c1. The van der Waals surface area contributed by atoms with Gasteiger partial charge in [-0.25, -0.2) is 0 Å². The van der Waals surface area contributed by atoms with Gasteiger partial charge in [-0.05, 0) is 19.4 Å². The average molecular weight is 260 g/mol. The third kappa shape index (κ3) is 3.55. The number of carbonyl (C=O) groups is 1. The van der Waals surface area contributed by atoms with Gasteiger partial charge in [-0.1, -0.05) is 18.1 Å². The zero-order chi connectivity index (χ0) is 14.4. The number of likely N-dealkylation sites (N-methyl/N-ethyl adjacent to an activating group) is 1. The van der Waals surface area contributed by atoms with Crippen molar-refractivity contribution in [1.29, 1.82) is 0 Å². The second kappa shape index (κ2) is 6.55. The number of nitro groups is 1. The van der Waals surface area contributed by atoms with E-state index in [0.717, 1.165) is 0 Å². The Morgan fingerprint density at radius 3 is 2.79 bits per heavy atom. The van der Waals surface area contributed by atoms with E-state index in [1.165, 1.54) is 12.1 Å². The number of nitro benzene ring substituents is 1. The lowest BCUT2D eigenvalue weighted by Crippen LogP contribution is -2.34. The monoisotopic (exact) mass is 260 g/mol. The number of rotatable bonds is 5. The van der Waals surface area contributed by atoms with Gasteiger partial charge in [0.2, 0.25) is 5.91 Å². The van der Waals surface area contributed by atoms with Crippen LogP contribution in [-0.2, 0) is 4.79 Å². The van der Waals surface area contributed by atoms with E-state index < -0.39 is 10.8 Å². The van der Waals surface area contributed by atoms with Gasteiger partial charge in [0.05, 0.1) is 17.4 Å². The molecule has 0 bridgehead atoms. The Balaban J connectivity index is 2.96. The zero-order valence-corrected chi connectivity index (χ0v) is 11.0. The van der Waals surface area contributed by atoms with Gasteiger partial charge in [0.1, 0.15) is 0 Å². The maximum Gasteiger partial charge on any atom is 0.269 e. The quantitative estimate of drug-likeness (QED) is 0.463. The van der Waals surface area contributed by atoms with E-state index in [1.54, 1.807) is 24.0 Å². The fourth-order valence-corrected chi connectivity index (χ4v) is 1.78. The summed E-state index contributed by atoms with van der Waals surface area (Å²) in [5, 5.41) is 10.7. The Bertz CT molecular complexity index is 520. The van der Waals surface area contributed by atoms with Crippen molar-refractivity contribution in [1.82, 2.24) is 4.90 Å². The van der Waals surface area contributed by atoms with Crippen molar-refractivity contribution in [3.05, 3.63) is 39.9 Å². The van der Waals surface area contributed by atoms with Gasteiger partial charge in [0.15, 0.2) is 0 Å². The van der Waals surface area contributed by atoms with Crippen LogP contribution in [0, 0.1) is 22.5 Å². The molecule has 100 valence electrons. The van der Waals surface area contributed by atoms with Crippen molar-refractivity contribution < 1.29 is 9.72 Å². The summed E-state index contributed by atoms with van der Waals surface area (Å²) in [6, 6.07) is 6.11. The third-order valence-electron chi connectivity index (χ3n) is 2.93. The molecule has 0 radical (unpaired) electrons. The van der Waals surface area contributed by atoms with E-state index in [-0.39, 0.29) is 18.1 Å². The van der Waals surface area contributed by atoms with Crippen LogP contribution < -0.4 is 0 Å². The first-order valence-corrected chi connectivity index (χ1v) is 5.97. The molecule has 0 N–H and O–H groups in total. The highest BCUT2D eigenvalue weighted by Crippen LogP contribution is 2.22. The Morgan fingerprint density at radius 2 is 2.26 bits per heavy atom. The predicted molar refractivity (Wildman–Crippen MR) is 72.6 cm³/mol. The highest BCUT2D eigenvalue weighted by molar-refractivity contribution is 5.83. The summed E-state index contributed by atoms with van der Waals surface area (Å²) in [5.74, 6) is 1.86. The van der Waals surface area contributed by atoms with Crippen molar-refractivity contribution in [2.75, 3.05) is 13.1 Å². The normalized spacial score (nSPS) is 11.4. The molecule has 1 aromatic carbocycles. The van der Waals surface area contributed by atoms with Gasteiger partial charge in [0.25, 0.3) is 5.69 Å². The molecule has 0 aromatic heterocycles. The van der Waals surface area contributed by atoms with Crippen LogP contribution in [-0.4, -0.2) is 28.8 Å². The molecule has 1 rings (SSSR count). The first kappa shape index (κ1) is 14.7. The fourth-order valence-electron chi connectivity index (χ4n) is 1.78. The molecule has 0 aliphatic carbocycles. The lowest BCUT2D eigenvalue weighted by atomic mass is 9.99. The number of non-ortho nitro benzene ring substituents is 1. The number of hydrogen-bond donors (Lipinski definition) is 0. The van der Waals surface area contributed by atoms with Crippen molar-refractivity contribution in [3.63, 3.8) is 0 Å². The van der Waals surface area contributed by atoms with E-state index >= 15 is 0 Å². The first-order chi connectivity index (χ1) is 9.01. The summed E-state index contributed by atoms with van der Waals surface area (Å²) >= 11 is 0. The number of nitrogens with zero attached hydrogens (tertiary/aromatic N) is 2. The largest absolute Gasteiger partial charge is 0.331 e. The van der Waals surface area contributed by atoms with Gasteiger partial charge >= 0.3 is 0 Å². The number of carbonyl (C=O) groups excluding carboxylic acids is 1. The second-order valence-electron chi connectivity index (χ2n) is 4.13. The molecule has 0 fully saturated rings. The van der Waals surface area contributed by atoms with Crippen LogP contribution in [0.1, 0.15) is 25.3 Å². The van der Waals surface area contributed by atoms with Crippen LogP contribution in [0.25, 0.3) is 0 Å². The highest BCUT2D eigenvalue weighted by Gasteiger charge is 2.21. The first-order valence-electron chi connectivity index (χ1n) is 5.97. The minimum atomic E-state index is -0.472. The molecule has 1 aromatic rings. The Morgan fingerprint density at radius 1 is 1.58 bits per heavy atom. The summed E-state index contributed by atoms with van der Waals surface area (Å²) in [4.78, 5) is 24.0. The third-order valence-corrected chi connectivity index (χ3v) is 2.93. The smallest absolute Gasteiger partial charge is 0.269 e. The predicted octanol–water partition coefficient (Wildman–Crippen LogP) is 2.18. The van der Waals surface area contributed by atoms with Gasteiger partial charge < -0.3 is 4.90 Å². The average Bonchev–Trinajstić information content (AvgIpc) is 2.43. The maximum absolute atomic E-state index is 12.2. The molecule has 0 heterocycles. The van der Waals surface area contributed by atoms with E-state index in [2.05, 4.69) is 5.92 Å². The van der Waals surface area contributed by atoms with Gasteiger partial charge in [-0.15, -0.1) is 6.42 Å². The standard InChI is InChI=1S/C14H16N2O3/c1-4-9-15(5-2)14(17)11(3)12-7-6-8-13(10-12)16(18)19/h1,6-8,10-11H,5,9H2,2-3H3. The Labute approximate surface area is 112 Å². The zero-order valence-electron chi connectivity index (χ0n) is 11.0. The summed E-state index contributed by atoms with van der Waals surface area (Å²) in [7, 11) is 0. The maximum atomic E-state index is 12.2. The summed E-state index contributed by atoms with van der Waals surface area (Å²) in [6.07, 6.45) is 5.21. The summed E-state index contributed by atoms with van der Waals surface area (Å²) in [6.45, 7) is 4.33. The van der Waals surface area contributed by atoms with E-state index in [0.29, 0.717) is 12.1 Å². The molecule has 0 aliphatic rings. The fraction of sp³-hybridized carbons (Fsp3) is 0.357. The van der Waals surface area contributed by atoms with Crippen LogP contribution in [0.5, 0.6) is 0 Å². The highest BCUT2D eigenvalue weighted by atomic mass is 16.6. The van der Waals surface area contributed by atoms with Crippen LogP contribution in [0.3, 0.4) is 0 Å². The van der Waals surface area contributed by atoms with Gasteiger partial charge in [-0.3, -0.25) is 14.9 Å². The van der Waals surface area contributed by atoms with E-state index in [1.807, 2.05) is 6.92 Å². The molecular formula is C14H16N2O3. The Kier molecular flexibility index (Phi) is 5.07. The molecule has 1 unspecified atom stereocenters. The summed E-state index contributed by atoms with van der Waals surface area (Å²) in [5.41, 5.74) is 0.604. The van der Waals surface area contributed by atoms with E-state index in [9.17, 15) is 14.9 Å². The molecule has 1 amide bonds. The molecular weight excluding hydrogens is 244 g/mol. The molecule has 0 saturated carbocycles. The molecule has 0 spiro atoms.